The Labute approximate surface area is 114 Å². The van der Waals surface area contributed by atoms with Crippen LogP contribution in [0.5, 0.6) is 0 Å². The molecule has 0 bridgehead atoms. The van der Waals surface area contributed by atoms with Gasteiger partial charge in [-0.05, 0) is 6.42 Å². The van der Waals surface area contributed by atoms with Gasteiger partial charge in [0.25, 0.3) is 11.6 Å². The maximum Gasteiger partial charge on any atom is 0.271 e. The second-order valence-electron chi connectivity index (χ2n) is 3.66. The van der Waals surface area contributed by atoms with Crippen LogP contribution in [0.25, 0.3) is 0 Å². The summed E-state index contributed by atoms with van der Waals surface area (Å²) >= 11 is 11.6. The number of nitrogens with one attached hydrogen (secondary N) is 1. The number of nitrogens with zero attached hydrogens (tertiary/aromatic N) is 1. The van der Waals surface area contributed by atoms with E-state index < -0.39 is 10.8 Å². The third-order valence-electron chi connectivity index (χ3n) is 2.28. The molecule has 0 atom stereocenters. The van der Waals surface area contributed by atoms with Crippen LogP contribution in [-0.2, 0) is 0 Å². The summed E-state index contributed by atoms with van der Waals surface area (Å²) in [6.45, 7) is 2.48. The van der Waals surface area contributed by atoms with Crippen LogP contribution in [0.1, 0.15) is 30.1 Å². The molecule has 0 saturated carbocycles. The molecule has 0 unspecified atom stereocenters. The molecule has 0 aromatic heterocycles. The average Bonchev–Trinajstić information content (AvgIpc) is 2.32. The highest BCUT2D eigenvalue weighted by molar-refractivity contribution is 6.44. The van der Waals surface area contributed by atoms with Crippen LogP contribution in [0, 0.1) is 10.1 Å². The van der Waals surface area contributed by atoms with Gasteiger partial charge in [0, 0.05) is 18.7 Å². The predicted octanol–water partition coefficient (Wildman–Crippen LogP) is 3.43. The lowest BCUT2D eigenvalue weighted by molar-refractivity contribution is -0.384. The van der Waals surface area contributed by atoms with Crippen molar-refractivity contribution >= 4 is 34.8 Å². The molecule has 0 aliphatic carbocycles. The summed E-state index contributed by atoms with van der Waals surface area (Å²) in [6.07, 6.45) is 1.76. The lowest BCUT2D eigenvalue weighted by Gasteiger charge is -2.07. The zero-order chi connectivity index (χ0) is 13.7. The van der Waals surface area contributed by atoms with E-state index in [0.717, 1.165) is 25.0 Å². The van der Waals surface area contributed by atoms with Crippen LogP contribution in [0.3, 0.4) is 0 Å². The first-order valence-electron chi connectivity index (χ1n) is 5.39. The molecule has 7 heteroatoms. The number of benzene rings is 1. The van der Waals surface area contributed by atoms with Crippen molar-refractivity contribution in [1.29, 1.82) is 0 Å². The lowest BCUT2D eigenvalue weighted by Crippen LogP contribution is -2.24. The number of hydrogen-bond donors (Lipinski definition) is 1. The monoisotopic (exact) mass is 290 g/mol. The molecule has 98 valence electrons. The summed E-state index contributed by atoms with van der Waals surface area (Å²) in [5.41, 5.74) is -0.239. The first-order valence-corrected chi connectivity index (χ1v) is 6.14. The molecule has 0 aliphatic heterocycles. The second-order valence-corrected chi connectivity index (χ2v) is 4.44. The molecule has 0 aliphatic rings. The van der Waals surface area contributed by atoms with E-state index in [0.29, 0.717) is 6.54 Å². The Hall–Kier alpha value is -1.33. The topological polar surface area (TPSA) is 72.2 Å². The summed E-state index contributed by atoms with van der Waals surface area (Å²) in [5.74, 6) is -0.459. The predicted molar refractivity (Wildman–Crippen MR) is 70.4 cm³/mol. The normalized spacial score (nSPS) is 10.2. The fourth-order valence-electron chi connectivity index (χ4n) is 1.32. The molecule has 1 amide bonds. The Morgan fingerprint density at radius 1 is 1.44 bits per heavy atom. The molecule has 5 nitrogen and oxygen atoms in total. The van der Waals surface area contributed by atoms with Crippen LogP contribution in [0.2, 0.25) is 10.0 Å². The number of nitro groups is 1. The number of unbranched alkanes of at least 4 members (excludes halogenated alkanes) is 1. The minimum Gasteiger partial charge on any atom is -0.352 e. The molecule has 1 N–H and O–H groups in total. The van der Waals surface area contributed by atoms with E-state index in [-0.39, 0.29) is 21.3 Å². The molecular weight excluding hydrogens is 279 g/mol. The molecule has 1 aromatic carbocycles. The zero-order valence-electron chi connectivity index (χ0n) is 9.70. The molecular formula is C11H12Cl2N2O3. The van der Waals surface area contributed by atoms with Gasteiger partial charge in [-0.25, -0.2) is 0 Å². The van der Waals surface area contributed by atoms with E-state index in [2.05, 4.69) is 5.32 Å². The smallest absolute Gasteiger partial charge is 0.271 e. The Morgan fingerprint density at radius 2 is 2.11 bits per heavy atom. The number of non-ortho nitro benzene ring substituents is 1. The van der Waals surface area contributed by atoms with Crippen molar-refractivity contribution in [2.24, 2.45) is 0 Å². The van der Waals surface area contributed by atoms with Gasteiger partial charge in [0.05, 0.1) is 20.5 Å². The number of hydrogen-bond acceptors (Lipinski definition) is 3. The second kappa shape index (κ2) is 6.56. The van der Waals surface area contributed by atoms with Crippen molar-refractivity contribution in [3.8, 4) is 0 Å². The van der Waals surface area contributed by atoms with E-state index in [1.807, 2.05) is 6.92 Å². The van der Waals surface area contributed by atoms with Crippen molar-refractivity contribution in [3.63, 3.8) is 0 Å². The number of rotatable bonds is 5. The lowest BCUT2D eigenvalue weighted by atomic mass is 10.2. The minimum absolute atomic E-state index is 0.00786. The molecule has 18 heavy (non-hydrogen) atoms. The fourth-order valence-corrected chi connectivity index (χ4v) is 1.73. The van der Waals surface area contributed by atoms with E-state index in [9.17, 15) is 14.9 Å². The zero-order valence-corrected chi connectivity index (χ0v) is 11.2. The van der Waals surface area contributed by atoms with Gasteiger partial charge >= 0.3 is 0 Å². The highest BCUT2D eigenvalue weighted by Crippen LogP contribution is 2.30. The average molecular weight is 291 g/mol. The van der Waals surface area contributed by atoms with E-state index in [4.69, 9.17) is 23.2 Å². The first-order chi connectivity index (χ1) is 8.47. The molecule has 0 spiro atoms. The number of amides is 1. The number of carbonyl (C=O) groups is 1. The van der Waals surface area contributed by atoms with Crippen LogP contribution < -0.4 is 5.32 Å². The maximum absolute atomic E-state index is 11.8. The van der Waals surface area contributed by atoms with Crippen LogP contribution in [0.4, 0.5) is 5.69 Å². The number of halogens is 2. The van der Waals surface area contributed by atoms with Gasteiger partial charge in [-0.3, -0.25) is 14.9 Å². The van der Waals surface area contributed by atoms with Crippen LogP contribution >= 0.6 is 23.2 Å². The maximum atomic E-state index is 11.8. The van der Waals surface area contributed by atoms with E-state index >= 15 is 0 Å². The van der Waals surface area contributed by atoms with Gasteiger partial charge in [-0.2, -0.15) is 0 Å². The standard InChI is InChI=1S/C11H12Cl2N2O3/c1-2-3-4-14-11(16)8-5-7(15(17)18)6-9(12)10(8)13/h5-6H,2-4H2,1H3,(H,14,16). The van der Waals surface area contributed by atoms with Gasteiger partial charge in [-0.15, -0.1) is 0 Å². The van der Waals surface area contributed by atoms with Gasteiger partial charge in [0.15, 0.2) is 0 Å². The third kappa shape index (κ3) is 3.58. The quantitative estimate of drug-likeness (QED) is 0.513. The molecule has 0 heterocycles. The highest BCUT2D eigenvalue weighted by atomic mass is 35.5. The Balaban J connectivity index is 2.99. The highest BCUT2D eigenvalue weighted by Gasteiger charge is 2.18. The fraction of sp³-hybridized carbons (Fsp3) is 0.364. The molecule has 1 aromatic rings. The Bertz CT molecular complexity index is 478. The number of nitro benzene ring substituents is 1. The van der Waals surface area contributed by atoms with Crippen molar-refractivity contribution in [1.82, 2.24) is 5.32 Å². The molecule has 0 saturated heterocycles. The van der Waals surface area contributed by atoms with Crippen molar-refractivity contribution < 1.29 is 9.72 Å². The van der Waals surface area contributed by atoms with E-state index in [1.54, 1.807) is 0 Å². The largest absolute Gasteiger partial charge is 0.352 e. The van der Waals surface area contributed by atoms with Crippen LogP contribution in [0.15, 0.2) is 12.1 Å². The molecule has 1 rings (SSSR count). The Kier molecular flexibility index (Phi) is 5.37. The SMILES string of the molecule is CCCCNC(=O)c1cc([N+](=O)[O-])cc(Cl)c1Cl. The van der Waals surface area contributed by atoms with Crippen LogP contribution in [-0.4, -0.2) is 17.4 Å². The summed E-state index contributed by atoms with van der Waals surface area (Å²) in [4.78, 5) is 21.8. The first kappa shape index (κ1) is 14.7. The van der Waals surface area contributed by atoms with Crippen molar-refractivity contribution in [2.45, 2.75) is 19.8 Å². The Morgan fingerprint density at radius 3 is 2.67 bits per heavy atom. The summed E-state index contributed by atoms with van der Waals surface area (Å²) in [7, 11) is 0. The van der Waals surface area contributed by atoms with Gasteiger partial charge in [-0.1, -0.05) is 36.5 Å². The molecule has 0 fully saturated rings. The minimum atomic E-state index is -0.620. The van der Waals surface area contributed by atoms with Crippen molar-refractivity contribution in [2.75, 3.05) is 6.54 Å². The molecule has 0 radical (unpaired) electrons. The van der Waals surface area contributed by atoms with E-state index in [1.165, 1.54) is 0 Å². The van der Waals surface area contributed by atoms with Crippen molar-refractivity contribution in [3.05, 3.63) is 37.9 Å². The summed E-state index contributed by atoms with van der Waals surface area (Å²) < 4.78 is 0. The summed E-state index contributed by atoms with van der Waals surface area (Å²) in [5, 5.41) is 13.3. The summed E-state index contributed by atoms with van der Waals surface area (Å²) in [6, 6.07) is 2.24. The van der Waals surface area contributed by atoms with Gasteiger partial charge in [0.1, 0.15) is 0 Å². The van der Waals surface area contributed by atoms with Gasteiger partial charge in [0.2, 0.25) is 0 Å². The van der Waals surface area contributed by atoms with Gasteiger partial charge < -0.3 is 5.32 Å². The number of carbonyl (C=O) groups excluding carboxylic acids is 1. The third-order valence-corrected chi connectivity index (χ3v) is 3.09.